The summed E-state index contributed by atoms with van der Waals surface area (Å²) in [7, 11) is 0. The molecule has 0 heterocycles. The van der Waals surface area contributed by atoms with E-state index in [0.29, 0.717) is 12.1 Å². The molecule has 0 saturated heterocycles. The highest BCUT2D eigenvalue weighted by atomic mass is 14.9. The van der Waals surface area contributed by atoms with Gasteiger partial charge in [0.2, 0.25) is 0 Å². The first-order chi connectivity index (χ1) is 5.23. The summed E-state index contributed by atoms with van der Waals surface area (Å²) < 4.78 is 0. The predicted octanol–water partition coefficient (Wildman–Crippen LogP) is 1.72. The standard InChI is InChI=1S/C9H16N2/c1-3-8(11-7-10)9(2)5-4-6-9/h3H,1,4-7,10H2,2H3. The van der Waals surface area contributed by atoms with Crippen molar-refractivity contribution in [2.24, 2.45) is 16.1 Å². The maximum atomic E-state index is 5.35. The van der Waals surface area contributed by atoms with E-state index in [1.807, 2.05) is 6.08 Å². The van der Waals surface area contributed by atoms with E-state index in [4.69, 9.17) is 5.73 Å². The zero-order valence-electron chi connectivity index (χ0n) is 7.14. The van der Waals surface area contributed by atoms with Crippen molar-refractivity contribution in [2.45, 2.75) is 26.2 Å². The van der Waals surface area contributed by atoms with Gasteiger partial charge < -0.3 is 5.73 Å². The number of rotatable bonds is 3. The minimum absolute atomic E-state index is 0.293. The molecule has 0 spiro atoms. The lowest BCUT2D eigenvalue weighted by atomic mass is 9.67. The van der Waals surface area contributed by atoms with Gasteiger partial charge in [0.05, 0.1) is 6.67 Å². The molecule has 0 aliphatic heterocycles. The van der Waals surface area contributed by atoms with E-state index in [9.17, 15) is 0 Å². The van der Waals surface area contributed by atoms with Crippen molar-refractivity contribution >= 4 is 5.71 Å². The molecule has 0 atom stereocenters. The molecule has 0 bridgehead atoms. The maximum Gasteiger partial charge on any atom is 0.0862 e. The summed E-state index contributed by atoms with van der Waals surface area (Å²) in [6.07, 6.45) is 5.62. The molecule has 1 aliphatic carbocycles. The summed E-state index contributed by atoms with van der Waals surface area (Å²) in [5.41, 5.74) is 6.73. The Morgan fingerprint density at radius 2 is 2.36 bits per heavy atom. The molecule has 0 radical (unpaired) electrons. The van der Waals surface area contributed by atoms with Gasteiger partial charge in [0, 0.05) is 11.1 Å². The molecule has 11 heavy (non-hydrogen) atoms. The van der Waals surface area contributed by atoms with Crippen LogP contribution in [0.1, 0.15) is 26.2 Å². The van der Waals surface area contributed by atoms with E-state index in [2.05, 4.69) is 18.5 Å². The summed E-state index contributed by atoms with van der Waals surface area (Å²) >= 11 is 0. The highest BCUT2D eigenvalue weighted by molar-refractivity contribution is 5.99. The number of nitrogens with two attached hydrogens (primary N) is 1. The Bertz CT molecular complexity index is 178. The largest absolute Gasteiger partial charge is 0.312 e. The van der Waals surface area contributed by atoms with Gasteiger partial charge in [0.1, 0.15) is 0 Å². The van der Waals surface area contributed by atoms with Crippen LogP contribution in [0.5, 0.6) is 0 Å². The first-order valence-electron chi connectivity index (χ1n) is 4.10. The highest BCUT2D eigenvalue weighted by Crippen LogP contribution is 2.41. The van der Waals surface area contributed by atoms with Crippen LogP contribution in [-0.2, 0) is 0 Å². The van der Waals surface area contributed by atoms with Crippen molar-refractivity contribution in [3.8, 4) is 0 Å². The van der Waals surface area contributed by atoms with Crippen molar-refractivity contribution in [3.05, 3.63) is 12.7 Å². The van der Waals surface area contributed by atoms with Crippen molar-refractivity contribution in [3.63, 3.8) is 0 Å². The Morgan fingerprint density at radius 3 is 2.64 bits per heavy atom. The zero-order chi connectivity index (χ0) is 8.32. The Hall–Kier alpha value is -0.630. The van der Waals surface area contributed by atoms with Crippen molar-refractivity contribution in [1.82, 2.24) is 0 Å². The van der Waals surface area contributed by atoms with Crippen LogP contribution in [0.2, 0.25) is 0 Å². The molecule has 0 amide bonds. The van der Waals surface area contributed by atoms with Gasteiger partial charge in [0.25, 0.3) is 0 Å². The summed E-state index contributed by atoms with van der Waals surface area (Å²) in [6, 6.07) is 0. The van der Waals surface area contributed by atoms with Gasteiger partial charge in [-0.15, -0.1) is 0 Å². The summed E-state index contributed by atoms with van der Waals surface area (Å²) in [5, 5.41) is 0. The minimum Gasteiger partial charge on any atom is -0.312 e. The molecule has 2 N–H and O–H groups in total. The lowest BCUT2D eigenvalue weighted by Crippen LogP contribution is -2.34. The molecule has 1 fully saturated rings. The van der Waals surface area contributed by atoms with E-state index >= 15 is 0 Å². The summed E-state index contributed by atoms with van der Waals surface area (Å²) in [4.78, 5) is 4.21. The number of nitrogens with zero attached hydrogens (tertiary/aromatic N) is 1. The van der Waals surface area contributed by atoms with Crippen LogP contribution in [0.4, 0.5) is 0 Å². The molecule has 2 nitrogen and oxygen atoms in total. The summed E-state index contributed by atoms with van der Waals surface area (Å²) in [6.45, 7) is 6.36. The molecule has 1 saturated carbocycles. The van der Waals surface area contributed by atoms with Crippen molar-refractivity contribution in [1.29, 1.82) is 0 Å². The molecular formula is C9H16N2. The Morgan fingerprint density at radius 1 is 1.73 bits per heavy atom. The van der Waals surface area contributed by atoms with Gasteiger partial charge >= 0.3 is 0 Å². The zero-order valence-corrected chi connectivity index (χ0v) is 7.14. The van der Waals surface area contributed by atoms with Crippen LogP contribution in [0.3, 0.4) is 0 Å². The first-order valence-corrected chi connectivity index (χ1v) is 4.10. The molecule has 0 aromatic heterocycles. The fourth-order valence-corrected chi connectivity index (χ4v) is 1.56. The van der Waals surface area contributed by atoms with E-state index in [1.165, 1.54) is 19.3 Å². The average molecular weight is 152 g/mol. The Kier molecular flexibility index (Phi) is 2.45. The van der Waals surface area contributed by atoms with E-state index in [0.717, 1.165) is 5.71 Å². The normalized spacial score (nSPS) is 22.5. The third-order valence-corrected chi connectivity index (χ3v) is 2.53. The quantitative estimate of drug-likeness (QED) is 0.614. The van der Waals surface area contributed by atoms with E-state index < -0.39 is 0 Å². The number of allylic oxidation sites excluding steroid dienone is 1. The second-order valence-corrected chi connectivity index (χ2v) is 3.34. The highest BCUT2D eigenvalue weighted by Gasteiger charge is 2.35. The number of hydrogen-bond acceptors (Lipinski definition) is 2. The smallest absolute Gasteiger partial charge is 0.0862 e. The molecule has 2 heteroatoms. The van der Waals surface area contributed by atoms with E-state index in [1.54, 1.807) is 0 Å². The molecule has 1 rings (SSSR count). The van der Waals surface area contributed by atoms with Crippen molar-refractivity contribution in [2.75, 3.05) is 6.67 Å². The molecule has 62 valence electrons. The van der Waals surface area contributed by atoms with Gasteiger partial charge in [-0.25, -0.2) is 0 Å². The molecule has 0 aromatic rings. The lowest BCUT2D eigenvalue weighted by Gasteiger charge is -2.38. The Balaban J connectivity index is 2.68. The maximum absolute atomic E-state index is 5.35. The predicted molar refractivity (Wildman–Crippen MR) is 48.6 cm³/mol. The third kappa shape index (κ3) is 1.51. The fraction of sp³-hybridized carbons (Fsp3) is 0.667. The molecule has 0 aromatic carbocycles. The summed E-state index contributed by atoms with van der Waals surface area (Å²) in [5.74, 6) is 0. The molecular weight excluding hydrogens is 136 g/mol. The van der Waals surface area contributed by atoms with Crippen molar-refractivity contribution < 1.29 is 0 Å². The fourth-order valence-electron chi connectivity index (χ4n) is 1.56. The van der Waals surface area contributed by atoms with Crippen LogP contribution in [0.25, 0.3) is 0 Å². The van der Waals surface area contributed by atoms with Gasteiger partial charge in [-0.3, -0.25) is 4.99 Å². The minimum atomic E-state index is 0.293. The third-order valence-electron chi connectivity index (χ3n) is 2.53. The van der Waals surface area contributed by atoms with Crippen LogP contribution < -0.4 is 5.73 Å². The van der Waals surface area contributed by atoms with Gasteiger partial charge in [-0.2, -0.15) is 0 Å². The Labute approximate surface area is 68.2 Å². The molecule has 1 aliphatic rings. The van der Waals surface area contributed by atoms with Crippen LogP contribution in [0, 0.1) is 5.41 Å². The number of hydrogen-bond donors (Lipinski definition) is 1. The second-order valence-electron chi connectivity index (χ2n) is 3.34. The monoisotopic (exact) mass is 152 g/mol. The topological polar surface area (TPSA) is 38.4 Å². The second kappa shape index (κ2) is 3.18. The van der Waals surface area contributed by atoms with Crippen LogP contribution in [0.15, 0.2) is 17.6 Å². The van der Waals surface area contributed by atoms with Crippen LogP contribution in [-0.4, -0.2) is 12.4 Å². The molecule has 0 unspecified atom stereocenters. The SMILES string of the molecule is C=CC(=NCN)C1(C)CCC1. The van der Waals surface area contributed by atoms with Gasteiger partial charge in [-0.05, 0) is 18.9 Å². The van der Waals surface area contributed by atoms with Gasteiger partial charge in [0.15, 0.2) is 0 Å². The van der Waals surface area contributed by atoms with Crippen LogP contribution >= 0.6 is 0 Å². The number of aliphatic imine (C=N–C) groups is 1. The average Bonchev–Trinajstić information content (AvgIpc) is 1.96. The first kappa shape index (κ1) is 8.47. The van der Waals surface area contributed by atoms with Gasteiger partial charge in [-0.1, -0.05) is 19.9 Å². The van der Waals surface area contributed by atoms with E-state index in [-0.39, 0.29) is 0 Å². The lowest BCUT2D eigenvalue weighted by molar-refractivity contribution is 0.263.